The smallest absolute Gasteiger partial charge is 0.223 e. The van der Waals surface area contributed by atoms with Crippen LogP contribution in [-0.2, 0) is 4.79 Å². The molecule has 0 radical (unpaired) electrons. The molecule has 1 aromatic rings. The summed E-state index contributed by atoms with van der Waals surface area (Å²) in [4.78, 5) is 14.0. The number of carbonyl (C=O) groups excluding carboxylic acids is 1. The van der Waals surface area contributed by atoms with Crippen LogP contribution in [0.25, 0.3) is 0 Å². The van der Waals surface area contributed by atoms with Crippen LogP contribution >= 0.6 is 0 Å². The predicted molar refractivity (Wildman–Crippen MR) is 73.1 cm³/mol. The topological polar surface area (TPSA) is 70.1 Å². The first kappa shape index (κ1) is 13.6. The molecule has 1 aliphatic rings. The fraction of sp³-hybridized carbons (Fsp3) is 0.467. The lowest BCUT2D eigenvalue weighted by Gasteiger charge is -2.42. The third-order valence-electron chi connectivity index (χ3n) is 3.60. The van der Waals surface area contributed by atoms with Crippen molar-refractivity contribution in [3.63, 3.8) is 0 Å². The summed E-state index contributed by atoms with van der Waals surface area (Å²) >= 11 is 0. The fourth-order valence-corrected chi connectivity index (χ4v) is 2.75. The van der Waals surface area contributed by atoms with Crippen molar-refractivity contribution >= 4 is 5.91 Å². The number of hydrogen-bond donors (Lipinski definition) is 1. The van der Waals surface area contributed by atoms with Crippen LogP contribution in [0, 0.1) is 11.3 Å². The van der Waals surface area contributed by atoms with Crippen LogP contribution in [0.2, 0.25) is 0 Å². The Balaban J connectivity index is 2.42. The standard InChI is InChI=1S/C15H19N3O/c1-10(2)18-14(19)7-6-13(17)15(18)12-5-3-4-11(8-12)9-16/h3-5,8,10,13,15H,6-7,17H2,1-2H3. The van der Waals surface area contributed by atoms with Crippen LogP contribution in [0.3, 0.4) is 0 Å². The van der Waals surface area contributed by atoms with E-state index < -0.39 is 0 Å². The average Bonchev–Trinajstić information content (AvgIpc) is 2.40. The number of likely N-dealkylation sites (tertiary alicyclic amines) is 1. The van der Waals surface area contributed by atoms with E-state index in [-0.39, 0.29) is 24.0 Å². The lowest BCUT2D eigenvalue weighted by Crippen LogP contribution is -2.51. The molecule has 4 nitrogen and oxygen atoms in total. The van der Waals surface area contributed by atoms with Gasteiger partial charge in [-0.2, -0.15) is 5.26 Å². The predicted octanol–water partition coefficient (Wildman–Crippen LogP) is 1.96. The maximum Gasteiger partial charge on any atom is 0.223 e. The van der Waals surface area contributed by atoms with Crippen molar-refractivity contribution in [2.75, 3.05) is 0 Å². The zero-order valence-corrected chi connectivity index (χ0v) is 11.3. The van der Waals surface area contributed by atoms with Crippen LogP contribution in [0.1, 0.15) is 43.9 Å². The van der Waals surface area contributed by atoms with Crippen molar-refractivity contribution in [3.05, 3.63) is 35.4 Å². The highest BCUT2D eigenvalue weighted by atomic mass is 16.2. The molecule has 1 aromatic carbocycles. The molecule has 0 saturated carbocycles. The molecule has 1 amide bonds. The third-order valence-corrected chi connectivity index (χ3v) is 3.60. The van der Waals surface area contributed by atoms with Gasteiger partial charge in [-0.1, -0.05) is 12.1 Å². The number of piperidine rings is 1. The van der Waals surface area contributed by atoms with Crippen LogP contribution in [-0.4, -0.2) is 22.9 Å². The lowest BCUT2D eigenvalue weighted by atomic mass is 9.89. The summed E-state index contributed by atoms with van der Waals surface area (Å²) in [5.41, 5.74) is 7.77. The van der Waals surface area contributed by atoms with E-state index in [1.54, 1.807) is 6.07 Å². The first-order valence-electron chi connectivity index (χ1n) is 6.61. The molecule has 2 atom stereocenters. The van der Waals surface area contributed by atoms with Gasteiger partial charge in [-0.05, 0) is 38.0 Å². The Kier molecular flexibility index (Phi) is 3.87. The summed E-state index contributed by atoms with van der Waals surface area (Å²) in [5, 5.41) is 8.99. The number of nitriles is 1. The van der Waals surface area contributed by atoms with Gasteiger partial charge in [0.15, 0.2) is 0 Å². The quantitative estimate of drug-likeness (QED) is 0.880. The molecule has 1 saturated heterocycles. The van der Waals surface area contributed by atoms with E-state index in [1.807, 2.05) is 36.9 Å². The summed E-state index contributed by atoms with van der Waals surface area (Å²) in [6, 6.07) is 9.42. The number of nitrogens with zero attached hydrogens (tertiary/aromatic N) is 2. The third kappa shape index (κ3) is 2.61. The molecular weight excluding hydrogens is 238 g/mol. The number of amides is 1. The molecule has 1 aliphatic heterocycles. The summed E-state index contributed by atoms with van der Waals surface area (Å²) in [6.07, 6.45) is 1.21. The van der Waals surface area contributed by atoms with E-state index in [2.05, 4.69) is 6.07 Å². The molecule has 19 heavy (non-hydrogen) atoms. The number of carbonyl (C=O) groups is 1. The average molecular weight is 257 g/mol. The molecule has 4 heteroatoms. The van der Waals surface area contributed by atoms with Crippen LogP contribution < -0.4 is 5.73 Å². The second-order valence-electron chi connectivity index (χ2n) is 5.28. The van der Waals surface area contributed by atoms with Gasteiger partial charge in [0.05, 0.1) is 17.7 Å². The van der Waals surface area contributed by atoms with E-state index in [9.17, 15) is 4.79 Å². The van der Waals surface area contributed by atoms with Gasteiger partial charge in [0, 0.05) is 18.5 Å². The van der Waals surface area contributed by atoms with Crippen molar-refractivity contribution in [2.24, 2.45) is 5.73 Å². The molecule has 0 spiro atoms. The molecule has 2 rings (SSSR count). The number of hydrogen-bond acceptors (Lipinski definition) is 3. The molecule has 1 heterocycles. The SMILES string of the molecule is CC(C)N1C(=O)CCC(N)C1c1cccc(C#N)c1. The van der Waals surface area contributed by atoms with Gasteiger partial charge >= 0.3 is 0 Å². The van der Waals surface area contributed by atoms with Crippen LogP contribution in [0.15, 0.2) is 24.3 Å². The lowest BCUT2D eigenvalue weighted by molar-refractivity contribution is -0.139. The molecular formula is C15H19N3O. The maximum absolute atomic E-state index is 12.1. The summed E-state index contributed by atoms with van der Waals surface area (Å²) in [5.74, 6) is 0.143. The molecule has 0 aliphatic carbocycles. The highest BCUT2D eigenvalue weighted by molar-refractivity contribution is 5.78. The maximum atomic E-state index is 12.1. The first-order chi connectivity index (χ1) is 9.04. The van der Waals surface area contributed by atoms with Crippen LogP contribution in [0.5, 0.6) is 0 Å². The molecule has 100 valence electrons. The second kappa shape index (κ2) is 5.41. The van der Waals surface area contributed by atoms with Gasteiger partial charge in [0.25, 0.3) is 0 Å². The number of nitrogens with two attached hydrogens (primary N) is 1. The summed E-state index contributed by atoms with van der Waals surface area (Å²) in [7, 11) is 0. The van der Waals surface area contributed by atoms with Gasteiger partial charge in [0.2, 0.25) is 5.91 Å². The number of rotatable bonds is 2. The Labute approximate surface area is 113 Å². The normalized spacial score (nSPS) is 23.5. The monoisotopic (exact) mass is 257 g/mol. The molecule has 0 aromatic heterocycles. The minimum atomic E-state index is -0.130. The Hall–Kier alpha value is -1.86. The zero-order valence-electron chi connectivity index (χ0n) is 11.3. The van der Waals surface area contributed by atoms with Crippen LogP contribution in [0.4, 0.5) is 0 Å². The molecule has 0 bridgehead atoms. The zero-order chi connectivity index (χ0) is 14.0. The van der Waals surface area contributed by atoms with E-state index in [4.69, 9.17) is 11.0 Å². The fourth-order valence-electron chi connectivity index (χ4n) is 2.75. The first-order valence-corrected chi connectivity index (χ1v) is 6.61. The van der Waals surface area contributed by atoms with E-state index >= 15 is 0 Å². The Morgan fingerprint density at radius 1 is 1.47 bits per heavy atom. The van der Waals surface area contributed by atoms with Gasteiger partial charge in [0.1, 0.15) is 0 Å². The van der Waals surface area contributed by atoms with Crippen molar-refractivity contribution in [1.82, 2.24) is 4.90 Å². The Morgan fingerprint density at radius 3 is 2.84 bits per heavy atom. The van der Waals surface area contributed by atoms with Crippen molar-refractivity contribution in [3.8, 4) is 6.07 Å². The second-order valence-corrected chi connectivity index (χ2v) is 5.28. The number of benzene rings is 1. The Morgan fingerprint density at radius 2 is 2.21 bits per heavy atom. The van der Waals surface area contributed by atoms with Crippen molar-refractivity contribution in [2.45, 2.75) is 44.8 Å². The van der Waals surface area contributed by atoms with Gasteiger partial charge < -0.3 is 10.6 Å². The summed E-state index contributed by atoms with van der Waals surface area (Å²) < 4.78 is 0. The molecule has 2 unspecified atom stereocenters. The van der Waals surface area contributed by atoms with Gasteiger partial charge in [-0.3, -0.25) is 4.79 Å². The minimum absolute atomic E-state index is 0.0750. The van der Waals surface area contributed by atoms with E-state index in [0.29, 0.717) is 18.4 Å². The minimum Gasteiger partial charge on any atom is -0.332 e. The van der Waals surface area contributed by atoms with E-state index in [0.717, 1.165) is 5.56 Å². The van der Waals surface area contributed by atoms with E-state index in [1.165, 1.54) is 0 Å². The van der Waals surface area contributed by atoms with Crippen molar-refractivity contribution in [1.29, 1.82) is 5.26 Å². The highest BCUT2D eigenvalue weighted by Gasteiger charge is 2.36. The van der Waals surface area contributed by atoms with Crippen molar-refractivity contribution < 1.29 is 4.79 Å². The van der Waals surface area contributed by atoms with Gasteiger partial charge in [-0.15, -0.1) is 0 Å². The largest absolute Gasteiger partial charge is 0.332 e. The highest BCUT2D eigenvalue weighted by Crippen LogP contribution is 2.32. The molecule has 1 fully saturated rings. The molecule has 2 N–H and O–H groups in total. The van der Waals surface area contributed by atoms with Gasteiger partial charge in [-0.25, -0.2) is 0 Å². The Bertz CT molecular complexity index is 518. The summed E-state index contributed by atoms with van der Waals surface area (Å²) in [6.45, 7) is 3.99.